The maximum absolute atomic E-state index is 4.57. The zero-order valence-corrected chi connectivity index (χ0v) is 13.7. The SMILES string of the molecule is Cn1cc(-c2ccnc(C=Cc3cnn(CC4CCC4)c3)n2)cn1. The molecule has 0 radical (unpaired) electrons. The lowest BCUT2D eigenvalue weighted by Gasteiger charge is -2.24. The van der Waals surface area contributed by atoms with Gasteiger partial charge in [-0.05, 0) is 37.0 Å². The van der Waals surface area contributed by atoms with Gasteiger partial charge >= 0.3 is 0 Å². The van der Waals surface area contributed by atoms with E-state index < -0.39 is 0 Å². The Balaban J connectivity index is 1.47. The van der Waals surface area contributed by atoms with Crippen molar-refractivity contribution in [1.29, 1.82) is 0 Å². The third-order valence-electron chi connectivity index (χ3n) is 4.42. The summed E-state index contributed by atoms with van der Waals surface area (Å²) in [5.74, 6) is 1.49. The number of hydrogen-bond donors (Lipinski definition) is 0. The van der Waals surface area contributed by atoms with E-state index in [0.29, 0.717) is 5.82 Å². The second-order valence-electron chi connectivity index (χ2n) is 6.33. The molecule has 0 spiro atoms. The zero-order valence-electron chi connectivity index (χ0n) is 13.7. The van der Waals surface area contributed by atoms with E-state index >= 15 is 0 Å². The smallest absolute Gasteiger partial charge is 0.152 e. The van der Waals surface area contributed by atoms with Crippen LogP contribution < -0.4 is 0 Å². The standard InChI is InChI=1S/C18H20N6/c1-23-13-16(10-20-23)17-7-8-19-18(22-17)6-5-15-9-21-24(12-15)11-14-3-2-4-14/h5-10,12-14H,2-4,11H2,1H3. The molecule has 3 aromatic heterocycles. The van der Waals surface area contributed by atoms with Crippen LogP contribution in [0.1, 0.15) is 30.7 Å². The predicted octanol–water partition coefficient (Wildman–Crippen LogP) is 3.04. The van der Waals surface area contributed by atoms with E-state index in [1.165, 1.54) is 19.3 Å². The molecule has 0 bridgehead atoms. The molecule has 0 atom stereocenters. The van der Waals surface area contributed by atoms with Crippen LogP contribution in [0.15, 0.2) is 37.1 Å². The summed E-state index contributed by atoms with van der Waals surface area (Å²) < 4.78 is 3.81. The van der Waals surface area contributed by atoms with E-state index in [1.807, 2.05) is 42.3 Å². The van der Waals surface area contributed by atoms with Crippen molar-refractivity contribution < 1.29 is 0 Å². The molecule has 0 N–H and O–H groups in total. The molecular weight excluding hydrogens is 300 g/mol. The van der Waals surface area contributed by atoms with Crippen LogP contribution in [0.3, 0.4) is 0 Å². The molecule has 3 heterocycles. The van der Waals surface area contributed by atoms with Crippen molar-refractivity contribution in [3.05, 3.63) is 48.4 Å². The van der Waals surface area contributed by atoms with Crippen LogP contribution in [0.5, 0.6) is 0 Å². The molecule has 4 rings (SSSR count). The fourth-order valence-corrected chi connectivity index (χ4v) is 2.84. The predicted molar refractivity (Wildman–Crippen MR) is 92.7 cm³/mol. The van der Waals surface area contributed by atoms with Crippen molar-refractivity contribution in [2.24, 2.45) is 13.0 Å². The molecule has 0 amide bonds. The fraction of sp³-hybridized carbons (Fsp3) is 0.333. The molecule has 1 fully saturated rings. The second kappa shape index (κ2) is 6.39. The molecule has 1 saturated carbocycles. The minimum Gasteiger partial charge on any atom is -0.275 e. The first-order valence-corrected chi connectivity index (χ1v) is 8.29. The molecule has 6 heteroatoms. The van der Waals surface area contributed by atoms with Gasteiger partial charge in [0.05, 0.1) is 18.1 Å². The lowest BCUT2D eigenvalue weighted by atomic mass is 9.85. The Kier molecular flexibility index (Phi) is 3.94. The number of rotatable bonds is 5. The van der Waals surface area contributed by atoms with Gasteiger partial charge in [0, 0.05) is 43.3 Å². The minimum absolute atomic E-state index is 0.683. The first-order valence-electron chi connectivity index (χ1n) is 8.29. The highest BCUT2D eigenvalue weighted by Crippen LogP contribution is 2.27. The van der Waals surface area contributed by atoms with Gasteiger partial charge in [-0.15, -0.1) is 0 Å². The number of hydrogen-bond acceptors (Lipinski definition) is 4. The van der Waals surface area contributed by atoms with Crippen molar-refractivity contribution in [2.45, 2.75) is 25.8 Å². The number of nitrogens with zero attached hydrogens (tertiary/aromatic N) is 6. The van der Waals surface area contributed by atoms with Crippen LogP contribution in [0, 0.1) is 5.92 Å². The van der Waals surface area contributed by atoms with Crippen LogP contribution >= 0.6 is 0 Å². The summed E-state index contributed by atoms with van der Waals surface area (Å²) in [6.45, 7) is 1.03. The van der Waals surface area contributed by atoms with Crippen LogP contribution in [0.25, 0.3) is 23.4 Å². The van der Waals surface area contributed by atoms with Gasteiger partial charge in [0.2, 0.25) is 0 Å². The molecule has 0 aliphatic heterocycles. The third-order valence-corrected chi connectivity index (χ3v) is 4.42. The van der Waals surface area contributed by atoms with Crippen molar-refractivity contribution >= 4 is 12.2 Å². The first kappa shape index (κ1) is 14.8. The topological polar surface area (TPSA) is 61.4 Å². The van der Waals surface area contributed by atoms with Crippen molar-refractivity contribution in [2.75, 3.05) is 0 Å². The van der Waals surface area contributed by atoms with Crippen LogP contribution in [0.4, 0.5) is 0 Å². The van der Waals surface area contributed by atoms with Gasteiger partial charge in [0.15, 0.2) is 5.82 Å². The quantitative estimate of drug-likeness (QED) is 0.725. The van der Waals surface area contributed by atoms with Crippen molar-refractivity contribution in [3.63, 3.8) is 0 Å². The molecule has 3 aromatic rings. The largest absolute Gasteiger partial charge is 0.275 e. The minimum atomic E-state index is 0.683. The first-order chi connectivity index (χ1) is 11.8. The molecule has 1 aliphatic rings. The maximum atomic E-state index is 4.57. The van der Waals surface area contributed by atoms with Crippen LogP contribution in [-0.2, 0) is 13.6 Å². The summed E-state index contributed by atoms with van der Waals surface area (Å²) in [7, 11) is 1.90. The van der Waals surface area contributed by atoms with E-state index in [2.05, 4.69) is 26.4 Å². The van der Waals surface area contributed by atoms with Gasteiger partial charge < -0.3 is 0 Å². The summed E-state index contributed by atoms with van der Waals surface area (Å²) in [5, 5.41) is 8.61. The van der Waals surface area contributed by atoms with Crippen molar-refractivity contribution in [3.8, 4) is 11.3 Å². The van der Waals surface area contributed by atoms with E-state index in [4.69, 9.17) is 0 Å². The molecule has 1 aliphatic carbocycles. The summed E-state index contributed by atoms with van der Waals surface area (Å²) >= 11 is 0. The Morgan fingerprint density at radius 2 is 2.08 bits per heavy atom. The van der Waals surface area contributed by atoms with Gasteiger partial charge in [-0.1, -0.05) is 6.42 Å². The number of aromatic nitrogens is 6. The Hall–Kier alpha value is -2.76. The molecule has 0 unspecified atom stereocenters. The monoisotopic (exact) mass is 320 g/mol. The lowest BCUT2D eigenvalue weighted by Crippen LogP contribution is -2.18. The van der Waals surface area contributed by atoms with E-state index in [9.17, 15) is 0 Å². The summed E-state index contributed by atoms with van der Waals surface area (Å²) in [6, 6.07) is 1.89. The van der Waals surface area contributed by atoms with Crippen molar-refractivity contribution in [1.82, 2.24) is 29.5 Å². The summed E-state index contributed by atoms with van der Waals surface area (Å²) in [5.41, 5.74) is 2.94. The molecule has 122 valence electrons. The lowest BCUT2D eigenvalue weighted by molar-refractivity contribution is 0.266. The highest BCUT2D eigenvalue weighted by molar-refractivity contribution is 5.67. The summed E-state index contributed by atoms with van der Waals surface area (Å²) in [6.07, 6.45) is 17.5. The van der Waals surface area contributed by atoms with Gasteiger partial charge in [0.25, 0.3) is 0 Å². The maximum Gasteiger partial charge on any atom is 0.152 e. The Morgan fingerprint density at radius 1 is 1.17 bits per heavy atom. The normalized spacial score (nSPS) is 15.0. The zero-order chi connectivity index (χ0) is 16.4. The van der Waals surface area contributed by atoms with Gasteiger partial charge in [-0.2, -0.15) is 10.2 Å². The molecule has 6 nitrogen and oxygen atoms in total. The third kappa shape index (κ3) is 3.27. The van der Waals surface area contributed by atoms with Crippen LogP contribution in [-0.4, -0.2) is 29.5 Å². The Labute approximate surface area is 140 Å². The molecule has 0 aromatic carbocycles. The van der Waals surface area contributed by atoms with Gasteiger partial charge in [-0.3, -0.25) is 9.36 Å². The Morgan fingerprint density at radius 3 is 2.83 bits per heavy atom. The average Bonchev–Trinajstić information content (AvgIpc) is 3.18. The molecular formula is C18H20N6. The molecule has 24 heavy (non-hydrogen) atoms. The Bertz CT molecular complexity index is 856. The second-order valence-corrected chi connectivity index (χ2v) is 6.33. The van der Waals surface area contributed by atoms with Crippen LogP contribution in [0.2, 0.25) is 0 Å². The highest BCUT2D eigenvalue weighted by Gasteiger charge is 2.17. The van der Waals surface area contributed by atoms with Gasteiger partial charge in [0.1, 0.15) is 0 Å². The van der Waals surface area contributed by atoms with E-state index in [-0.39, 0.29) is 0 Å². The number of aryl methyl sites for hydroxylation is 1. The summed E-state index contributed by atoms with van der Waals surface area (Å²) in [4.78, 5) is 8.88. The highest BCUT2D eigenvalue weighted by atomic mass is 15.3. The van der Waals surface area contributed by atoms with E-state index in [0.717, 1.165) is 29.3 Å². The van der Waals surface area contributed by atoms with E-state index in [1.54, 1.807) is 17.1 Å². The van der Waals surface area contributed by atoms with Gasteiger partial charge in [-0.25, -0.2) is 9.97 Å². The fourth-order valence-electron chi connectivity index (χ4n) is 2.84. The molecule has 0 saturated heterocycles. The average molecular weight is 320 g/mol.